The second-order valence-corrected chi connectivity index (χ2v) is 6.89. The first-order valence-corrected chi connectivity index (χ1v) is 9.37. The van der Waals surface area contributed by atoms with E-state index in [1.54, 1.807) is 0 Å². The molecule has 1 N–H and O–H groups in total. The highest BCUT2D eigenvalue weighted by Crippen LogP contribution is 2.25. The molecular weight excluding hydrogens is 365 g/mol. The first kappa shape index (κ1) is 18.8. The van der Waals surface area contributed by atoms with Crippen LogP contribution in [0, 0.1) is 0 Å². The minimum Gasteiger partial charge on any atom is -0.489 e. The Labute approximate surface area is 164 Å². The van der Waals surface area contributed by atoms with Gasteiger partial charge in [0.25, 0.3) is 0 Å². The number of nitrogens with one attached hydrogen (secondary N) is 1. The summed E-state index contributed by atoms with van der Waals surface area (Å²) in [4.78, 5) is 0. The largest absolute Gasteiger partial charge is 0.489 e. The van der Waals surface area contributed by atoms with Crippen molar-refractivity contribution >= 4 is 23.2 Å². The van der Waals surface area contributed by atoms with E-state index in [0.29, 0.717) is 23.2 Å². The van der Waals surface area contributed by atoms with Crippen LogP contribution in [0.2, 0.25) is 10.0 Å². The molecule has 4 heteroatoms. The first-order valence-electron chi connectivity index (χ1n) is 8.61. The number of hydrogen-bond acceptors (Lipinski definition) is 2. The maximum Gasteiger partial charge on any atom is 0.124 e. The molecular formula is C22H21Cl2NO. The van der Waals surface area contributed by atoms with Crippen LogP contribution in [0.1, 0.15) is 16.7 Å². The molecule has 0 unspecified atom stereocenters. The van der Waals surface area contributed by atoms with Gasteiger partial charge in [0.05, 0.1) is 0 Å². The average molecular weight is 386 g/mol. The predicted molar refractivity (Wildman–Crippen MR) is 109 cm³/mol. The van der Waals surface area contributed by atoms with Gasteiger partial charge in [0.1, 0.15) is 12.4 Å². The molecule has 2 nitrogen and oxygen atoms in total. The minimum atomic E-state index is 0.429. The highest BCUT2D eigenvalue weighted by molar-refractivity contribution is 6.31. The van der Waals surface area contributed by atoms with Gasteiger partial charge in [0.2, 0.25) is 0 Å². The number of hydrogen-bond donors (Lipinski definition) is 1. The van der Waals surface area contributed by atoms with Crippen molar-refractivity contribution in [2.24, 2.45) is 0 Å². The lowest BCUT2D eigenvalue weighted by atomic mass is 10.1. The molecule has 0 fully saturated rings. The molecule has 134 valence electrons. The summed E-state index contributed by atoms with van der Waals surface area (Å²) in [5.41, 5.74) is 3.33. The van der Waals surface area contributed by atoms with Gasteiger partial charge in [-0.05, 0) is 42.8 Å². The fourth-order valence-electron chi connectivity index (χ4n) is 2.70. The van der Waals surface area contributed by atoms with Crippen LogP contribution >= 0.6 is 23.2 Å². The van der Waals surface area contributed by atoms with Crippen molar-refractivity contribution in [2.45, 2.75) is 19.6 Å². The van der Waals surface area contributed by atoms with E-state index in [1.165, 1.54) is 5.56 Å². The van der Waals surface area contributed by atoms with Gasteiger partial charge in [0.15, 0.2) is 0 Å². The van der Waals surface area contributed by atoms with E-state index in [1.807, 2.05) is 48.5 Å². The van der Waals surface area contributed by atoms with Crippen molar-refractivity contribution in [1.29, 1.82) is 0 Å². The Kier molecular flexibility index (Phi) is 6.96. The van der Waals surface area contributed by atoms with Crippen molar-refractivity contribution in [3.8, 4) is 5.75 Å². The van der Waals surface area contributed by atoms with Crippen LogP contribution in [0.5, 0.6) is 5.75 Å². The van der Waals surface area contributed by atoms with Gasteiger partial charge < -0.3 is 10.1 Å². The monoisotopic (exact) mass is 385 g/mol. The van der Waals surface area contributed by atoms with Crippen molar-refractivity contribution in [3.05, 3.63) is 99.5 Å². The normalized spacial score (nSPS) is 10.7. The molecule has 3 aromatic carbocycles. The summed E-state index contributed by atoms with van der Waals surface area (Å²) >= 11 is 12.4. The van der Waals surface area contributed by atoms with Gasteiger partial charge >= 0.3 is 0 Å². The third kappa shape index (κ3) is 5.50. The van der Waals surface area contributed by atoms with Crippen LogP contribution in [0.25, 0.3) is 0 Å². The van der Waals surface area contributed by atoms with Crippen LogP contribution in [0.15, 0.2) is 72.8 Å². The molecule has 0 spiro atoms. The summed E-state index contributed by atoms with van der Waals surface area (Å²) in [5, 5.41) is 4.88. The zero-order valence-corrected chi connectivity index (χ0v) is 15.9. The Morgan fingerprint density at radius 3 is 2.38 bits per heavy atom. The van der Waals surface area contributed by atoms with Crippen molar-refractivity contribution in [3.63, 3.8) is 0 Å². The Morgan fingerprint density at radius 2 is 1.58 bits per heavy atom. The van der Waals surface area contributed by atoms with E-state index in [2.05, 4.69) is 29.6 Å². The van der Waals surface area contributed by atoms with Crippen LogP contribution in [-0.2, 0) is 19.6 Å². The smallest absolute Gasteiger partial charge is 0.124 e. The van der Waals surface area contributed by atoms with Gasteiger partial charge in [-0.3, -0.25) is 0 Å². The van der Waals surface area contributed by atoms with Gasteiger partial charge in [-0.25, -0.2) is 0 Å². The lowest BCUT2D eigenvalue weighted by molar-refractivity contribution is 0.302. The third-order valence-corrected chi connectivity index (χ3v) is 4.72. The zero-order chi connectivity index (χ0) is 18.2. The summed E-state index contributed by atoms with van der Waals surface area (Å²) in [7, 11) is 0. The van der Waals surface area contributed by atoms with E-state index in [4.69, 9.17) is 27.9 Å². The highest BCUT2D eigenvalue weighted by atomic mass is 35.5. The SMILES string of the molecule is Clc1ccc(OCc2ccccc2Cl)c(CNCCc2ccccc2)c1. The molecule has 0 radical (unpaired) electrons. The fourth-order valence-corrected chi connectivity index (χ4v) is 3.08. The Balaban J connectivity index is 1.58. The van der Waals surface area contributed by atoms with E-state index >= 15 is 0 Å². The summed E-state index contributed by atoms with van der Waals surface area (Å²) in [6.45, 7) is 2.02. The van der Waals surface area contributed by atoms with E-state index in [9.17, 15) is 0 Å². The van der Waals surface area contributed by atoms with Crippen LogP contribution in [-0.4, -0.2) is 6.54 Å². The Hall–Kier alpha value is -2.00. The molecule has 0 saturated heterocycles. The summed E-state index contributed by atoms with van der Waals surface area (Å²) < 4.78 is 5.99. The number of benzene rings is 3. The van der Waals surface area contributed by atoms with E-state index in [-0.39, 0.29) is 0 Å². The molecule has 0 heterocycles. The predicted octanol–water partition coefficient (Wildman–Crippen LogP) is 5.90. The first-order chi connectivity index (χ1) is 12.7. The summed E-state index contributed by atoms with van der Waals surface area (Å²) in [6, 6.07) is 23.8. The number of halogens is 2. The fraction of sp³-hybridized carbons (Fsp3) is 0.182. The van der Waals surface area contributed by atoms with Gasteiger partial charge in [-0.1, -0.05) is 71.7 Å². The maximum absolute atomic E-state index is 6.20. The van der Waals surface area contributed by atoms with E-state index < -0.39 is 0 Å². The topological polar surface area (TPSA) is 21.3 Å². The molecule has 3 aromatic rings. The lowest BCUT2D eigenvalue weighted by Gasteiger charge is -2.13. The second-order valence-electron chi connectivity index (χ2n) is 6.04. The van der Waals surface area contributed by atoms with Crippen molar-refractivity contribution < 1.29 is 4.74 Å². The minimum absolute atomic E-state index is 0.429. The quantitative estimate of drug-likeness (QED) is 0.487. The Bertz CT molecular complexity index is 837. The van der Waals surface area contributed by atoms with Crippen molar-refractivity contribution in [2.75, 3.05) is 6.54 Å². The highest BCUT2D eigenvalue weighted by Gasteiger charge is 2.07. The van der Waals surface area contributed by atoms with Gasteiger partial charge in [-0.15, -0.1) is 0 Å². The van der Waals surface area contributed by atoms with Crippen LogP contribution in [0.3, 0.4) is 0 Å². The van der Waals surface area contributed by atoms with Crippen molar-refractivity contribution in [1.82, 2.24) is 5.32 Å². The molecule has 0 aliphatic rings. The molecule has 0 amide bonds. The average Bonchev–Trinajstić information content (AvgIpc) is 2.66. The molecule has 3 rings (SSSR count). The van der Waals surface area contributed by atoms with Crippen LogP contribution < -0.4 is 10.1 Å². The molecule has 0 saturated carbocycles. The van der Waals surface area contributed by atoms with Gasteiger partial charge in [-0.2, -0.15) is 0 Å². The Morgan fingerprint density at radius 1 is 0.808 bits per heavy atom. The third-order valence-electron chi connectivity index (χ3n) is 4.11. The molecule has 0 bridgehead atoms. The second kappa shape index (κ2) is 9.63. The standard InChI is InChI=1S/C22H21Cl2NO/c23-20-10-11-22(26-16-18-8-4-5-9-21(18)24)19(14-20)15-25-13-12-17-6-2-1-3-7-17/h1-11,14,25H,12-13,15-16H2. The molecule has 0 aromatic heterocycles. The lowest BCUT2D eigenvalue weighted by Crippen LogP contribution is -2.17. The molecule has 0 atom stereocenters. The molecule has 26 heavy (non-hydrogen) atoms. The summed E-state index contributed by atoms with van der Waals surface area (Å²) in [6.07, 6.45) is 0.983. The molecule has 0 aliphatic carbocycles. The summed E-state index contributed by atoms with van der Waals surface area (Å²) in [5.74, 6) is 0.821. The maximum atomic E-state index is 6.20. The van der Waals surface area contributed by atoms with Crippen LogP contribution in [0.4, 0.5) is 0 Å². The van der Waals surface area contributed by atoms with E-state index in [0.717, 1.165) is 29.8 Å². The number of rotatable bonds is 8. The van der Waals surface area contributed by atoms with Gasteiger partial charge in [0, 0.05) is 27.7 Å². The molecule has 0 aliphatic heterocycles. The zero-order valence-electron chi connectivity index (χ0n) is 14.4. The number of ether oxygens (including phenoxy) is 1.